The Hall–Kier alpha value is -2.09. The molecule has 0 saturated heterocycles. The molecule has 0 saturated carbocycles. The molecule has 0 aliphatic heterocycles. The largest absolute Gasteiger partial charge is 0.396 e. The van der Waals surface area contributed by atoms with Crippen LogP contribution in [0.15, 0.2) is 47.6 Å². The zero-order valence-electron chi connectivity index (χ0n) is 12.8. The van der Waals surface area contributed by atoms with E-state index >= 15 is 0 Å². The molecule has 1 atom stereocenters. The van der Waals surface area contributed by atoms with Gasteiger partial charge in [0.05, 0.1) is 0 Å². The highest BCUT2D eigenvalue weighted by molar-refractivity contribution is 7.89. The van der Waals surface area contributed by atoms with Crippen LogP contribution in [-0.4, -0.2) is 25.1 Å². The predicted molar refractivity (Wildman–Crippen MR) is 88.6 cm³/mol. The van der Waals surface area contributed by atoms with Gasteiger partial charge in [0.25, 0.3) is 10.0 Å². The van der Waals surface area contributed by atoms with E-state index in [4.69, 9.17) is 5.14 Å². The summed E-state index contributed by atoms with van der Waals surface area (Å²) in [6, 6.07) is 9.23. The third-order valence-corrected chi connectivity index (χ3v) is 5.00. The second-order valence-electron chi connectivity index (χ2n) is 5.85. The quantitative estimate of drug-likeness (QED) is 0.886. The van der Waals surface area contributed by atoms with Crippen LogP contribution < -0.4 is 5.14 Å². The van der Waals surface area contributed by atoms with E-state index in [1.54, 1.807) is 18.2 Å². The van der Waals surface area contributed by atoms with E-state index in [9.17, 15) is 17.9 Å². The number of benzene rings is 1. The van der Waals surface area contributed by atoms with Crippen LogP contribution in [0.5, 0.6) is 0 Å². The number of hydrogen-bond donors (Lipinski definition) is 2. The maximum atomic E-state index is 13.2. The van der Waals surface area contributed by atoms with E-state index in [0.29, 0.717) is 12.8 Å². The predicted octanol–water partition coefficient (Wildman–Crippen LogP) is 2.18. The second kappa shape index (κ2) is 6.43. The number of pyridine rings is 1. The smallest absolute Gasteiger partial charge is 0.255 e. The number of aliphatic hydroxyl groups excluding tert-OH is 1. The number of halogens is 1. The average molecular weight is 348 g/mol. The lowest BCUT2D eigenvalue weighted by Gasteiger charge is -2.08. The van der Waals surface area contributed by atoms with Gasteiger partial charge in [-0.15, -0.1) is 0 Å². The van der Waals surface area contributed by atoms with E-state index < -0.39 is 10.0 Å². The molecule has 1 aromatic heterocycles. The van der Waals surface area contributed by atoms with Crippen LogP contribution in [0, 0.1) is 11.7 Å². The molecule has 5 nitrogen and oxygen atoms in total. The molecule has 1 unspecified atom stereocenters. The number of aromatic nitrogens is 1. The van der Waals surface area contributed by atoms with Crippen LogP contribution in [-0.2, 0) is 10.0 Å². The van der Waals surface area contributed by atoms with Gasteiger partial charge in [0, 0.05) is 12.8 Å². The Bertz CT molecular complexity index is 875. The zero-order valence-corrected chi connectivity index (χ0v) is 13.6. The number of sulfonamides is 1. The van der Waals surface area contributed by atoms with Crippen molar-refractivity contribution in [2.75, 3.05) is 6.61 Å². The van der Waals surface area contributed by atoms with E-state index in [1.807, 2.05) is 0 Å². The number of nitrogens with zero attached hydrogens (tertiary/aromatic N) is 1. The van der Waals surface area contributed by atoms with Crippen molar-refractivity contribution >= 4 is 21.2 Å². The minimum absolute atomic E-state index is 0.0525. The summed E-state index contributed by atoms with van der Waals surface area (Å²) in [6.45, 7) is 0.0525. The maximum absolute atomic E-state index is 13.2. The minimum Gasteiger partial charge on any atom is -0.396 e. The van der Waals surface area contributed by atoms with E-state index in [-0.39, 0.29) is 23.4 Å². The summed E-state index contributed by atoms with van der Waals surface area (Å²) in [4.78, 5) is 3.92. The first kappa shape index (κ1) is 16.8. The summed E-state index contributed by atoms with van der Waals surface area (Å²) in [5, 5.41) is 14.4. The van der Waals surface area contributed by atoms with Crippen molar-refractivity contribution in [1.29, 1.82) is 0 Å². The fourth-order valence-corrected chi connectivity index (χ4v) is 3.44. The molecule has 2 aromatic rings. The van der Waals surface area contributed by atoms with Gasteiger partial charge < -0.3 is 5.11 Å². The van der Waals surface area contributed by atoms with E-state index in [0.717, 1.165) is 22.3 Å². The molecule has 0 bridgehead atoms. The van der Waals surface area contributed by atoms with Crippen LogP contribution in [0.3, 0.4) is 0 Å². The van der Waals surface area contributed by atoms with Crippen LogP contribution in [0.2, 0.25) is 0 Å². The summed E-state index contributed by atoms with van der Waals surface area (Å²) in [6.07, 6.45) is 2.80. The first-order valence-electron chi connectivity index (χ1n) is 7.46. The van der Waals surface area contributed by atoms with Gasteiger partial charge in [-0.25, -0.2) is 22.9 Å². The SMILES string of the molecule is NS(=O)(=O)c1ccc(C2=C(c3ccc(F)cc3)CC(CO)C2)cn1. The Morgan fingerprint density at radius 1 is 1.08 bits per heavy atom. The van der Waals surface area contributed by atoms with Crippen LogP contribution >= 0.6 is 0 Å². The van der Waals surface area contributed by atoms with Gasteiger partial charge in [-0.05, 0) is 59.2 Å². The topological polar surface area (TPSA) is 93.3 Å². The molecule has 0 fully saturated rings. The number of primary sulfonamides is 1. The summed E-state index contributed by atoms with van der Waals surface area (Å²) in [5.41, 5.74) is 3.66. The molecular weight excluding hydrogens is 331 g/mol. The fraction of sp³-hybridized carbons (Fsp3) is 0.235. The Kier molecular flexibility index (Phi) is 4.49. The lowest BCUT2D eigenvalue weighted by molar-refractivity contribution is 0.235. The van der Waals surface area contributed by atoms with Gasteiger partial charge in [-0.2, -0.15) is 0 Å². The van der Waals surface area contributed by atoms with Gasteiger partial charge in [0.2, 0.25) is 0 Å². The molecule has 3 rings (SSSR count). The normalized spacial score (nSPS) is 18.2. The van der Waals surface area contributed by atoms with Crippen molar-refractivity contribution in [3.05, 3.63) is 59.5 Å². The summed E-state index contributed by atoms with van der Waals surface area (Å²) < 4.78 is 35.8. The van der Waals surface area contributed by atoms with E-state index in [1.165, 1.54) is 24.4 Å². The number of aliphatic hydroxyl groups is 1. The highest BCUT2D eigenvalue weighted by atomic mass is 32.2. The summed E-state index contributed by atoms with van der Waals surface area (Å²) in [7, 11) is -3.84. The highest BCUT2D eigenvalue weighted by Gasteiger charge is 2.26. The molecule has 1 aromatic carbocycles. The molecule has 1 aliphatic rings. The monoisotopic (exact) mass is 348 g/mol. The lowest BCUT2D eigenvalue weighted by atomic mass is 9.98. The Morgan fingerprint density at radius 2 is 1.67 bits per heavy atom. The van der Waals surface area contributed by atoms with Gasteiger partial charge in [-0.3, -0.25) is 0 Å². The number of nitrogens with two attached hydrogens (primary N) is 1. The average Bonchev–Trinajstić information content (AvgIpc) is 2.99. The van der Waals surface area contributed by atoms with Crippen molar-refractivity contribution in [3.63, 3.8) is 0 Å². The van der Waals surface area contributed by atoms with Gasteiger partial charge in [0.15, 0.2) is 5.03 Å². The third-order valence-electron chi connectivity index (χ3n) is 4.18. The van der Waals surface area contributed by atoms with Crippen molar-refractivity contribution in [3.8, 4) is 0 Å². The fourth-order valence-electron chi connectivity index (χ4n) is 2.99. The lowest BCUT2D eigenvalue weighted by Crippen LogP contribution is -2.13. The van der Waals surface area contributed by atoms with Crippen molar-refractivity contribution < 1.29 is 17.9 Å². The zero-order chi connectivity index (χ0) is 17.3. The Morgan fingerprint density at radius 3 is 2.17 bits per heavy atom. The molecule has 0 amide bonds. The molecule has 0 spiro atoms. The molecule has 1 heterocycles. The number of hydrogen-bond acceptors (Lipinski definition) is 4. The van der Waals surface area contributed by atoms with Crippen molar-refractivity contribution in [2.24, 2.45) is 11.1 Å². The number of rotatable bonds is 4. The Labute approximate surface area is 139 Å². The van der Waals surface area contributed by atoms with Crippen LogP contribution in [0.1, 0.15) is 24.0 Å². The van der Waals surface area contributed by atoms with Gasteiger partial charge in [-0.1, -0.05) is 18.2 Å². The first-order valence-corrected chi connectivity index (χ1v) is 9.01. The van der Waals surface area contributed by atoms with Crippen molar-refractivity contribution in [1.82, 2.24) is 4.98 Å². The minimum atomic E-state index is -3.84. The molecule has 126 valence electrons. The van der Waals surface area contributed by atoms with Gasteiger partial charge >= 0.3 is 0 Å². The molecule has 0 radical (unpaired) electrons. The molecule has 1 aliphatic carbocycles. The van der Waals surface area contributed by atoms with Gasteiger partial charge in [0.1, 0.15) is 5.82 Å². The Balaban J connectivity index is 2.04. The second-order valence-corrected chi connectivity index (χ2v) is 7.36. The molecule has 7 heteroatoms. The number of allylic oxidation sites excluding steroid dienone is 2. The van der Waals surface area contributed by atoms with Crippen molar-refractivity contribution in [2.45, 2.75) is 17.9 Å². The summed E-state index contributed by atoms with van der Waals surface area (Å²) >= 11 is 0. The molecule has 3 N–H and O–H groups in total. The molecule has 24 heavy (non-hydrogen) atoms. The van der Waals surface area contributed by atoms with Crippen LogP contribution in [0.25, 0.3) is 11.1 Å². The maximum Gasteiger partial charge on any atom is 0.255 e. The molecular formula is C17H17FN2O3S. The first-order chi connectivity index (χ1) is 11.4. The highest BCUT2D eigenvalue weighted by Crippen LogP contribution is 2.42. The van der Waals surface area contributed by atoms with Crippen LogP contribution in [0.4, 0.5) is 4.39 Å². The van der Waals surface area contributed by atoms with E-state index in [2.05, 4.69) is 4.98 Å². The standard InChI is InChI=1S/C17H17FN2O3S/c18-14-4-1-12(2-5-14)15-7-11(10-21)8-16(15)13-3-6-17(20-9-13)24(19,22)23/h1-6,9,11,21H,7-8,10H2,(H2,19,22,23). The summed E-state index contributed by atoms with van der Waals surface area (Å²) in [5.74, 6) is -0.227. The third kappa shape index (κ3) is 3.38.